The molecule has 9 nitrogen and oxygen atoms in total. The van der Waals surface area contributed by atoms with Crippen LogP contribution in [0, 0.1) is 39.0 Å². The van der Waals surface area contributed by atoms with E-state index in [1.807, 2.05) is 110 Å². The van der Waals surface area contributed by atoms with Crippen LogP contribution in [0.4, 0.5) is 17.1 Å². The summed E-state index contributed by atoms with van der Waals surface area (Å²) in [5.74, 6) is 0. The van der Waals surface area contributed by atoms with Gasteiger partial charge >= 0.3 is 395 Å². The van der Waals surface area contributed by atoms with Crippen LogP contribution in [0.2, 0.25) is 0 Å². The van der Waals surface area contributed by atoms with Crippen LogP contribution in [-0.2, 0) is 72.1 Å². The standard InChI is InChI=1S/C24H20N2O2S.C24H20N2OSe.C24H20N2Se.3Rh/c1-16-24(25(3)17(2)26(16)19-9-5-4-6-10-19)18-13-14-23-21(15-18)20-11-7-8-12-22(20)29(23,27)28;1-16-24(25(3)17(2)26(16)19-9-5-4-6-10-19)18-13-14-23-21(15-18)20-11-7-8-12-22(20)28(23)27;1-16-24(25(3)17(2)26(16)19-9-5-4-6-10-19)18-13-14-23-21(15-18)20-11-7-8-12-22(20)27-23;;;/h4-9,11-15,17H,2H2,1,3H3;4-9,11-15,17H,2H2,1,3H3;4-9,11-15,17H,2H2,1,3H3;;;/q3*-2;3*+2. The Morgan fingerprint density at radius 3 is 1.36 bits per heavy atom. The molecule has 3 radical (unpaired) electrons. The second-order valence-corrected chi connectivity index (χ2v) is 28.6. The number of benzene rings is 9. The Kier molecular flexibility index (Phi) is 18.8. The predicted molar refractivity (Wildman–Crippen MR) is 345 cm³/mol. The van der Waals surface area contributed by atoms with Crippen LogP contribution >= 0.6 is 0 Å². The molecule has 1 aromatic heterocycles. The molecule has 0 saturated heterocycles. The first-order valence-corrected chi connectivity index (χ1v) is 33.4. The summed E-state index contributed by atoms with van der Waals surface area (Å²) in [4.78, 5) is 14.0. The molecule has 0 N–H and O–H groups in total. The van der Waals surface area contributed by atoms with Crippen molar-refractivity contribution in [2.45, 2.75) is 49.1 Å². The molecule has 5 aliphatic heterocycles. The van der Waals surface area contributed by atoms with Crippen molar-refractivity contribution in [1.82, 2.24) is 14.7 Å². The Bertz CT molecular complexity index is 4500. The van der Waals surface area contributed by atoms with Crippen LogP contribution in [0.5, 0.6) is 0 Å². The molecule has 6 heterocycles. The molecule has 15 rings (SSSR count). The van der Waals surface area contributed by atoms with Gasteiger partial charge in [-0.05, 0) is 31.3 Å². The topological polar surface area (TPSA) is 70.6 Å². The van der Waals surface area contributed by atoms with Crippen LogP contribution in [0.3, 0.4) is 0 Å². The number of para-hydroxylation sites is 3. The molecular weight excluding hydrogens is 1500 g/mol. The zero-order valence-electron chi connectivity index (χ0n) is 48.5. The first-order valence-electron chi connectivity index (χ1n) is 27.8. The molecule has 10 aromatic rings. The van der Waals surface area contributed by atoms with Gasteiger partial charge in [-0.15, -0.1) is 6.07 Å². The fourth-order valence-corrected chi connectivity index (χ4v) is 19.5. The first kappa shape index (κ1) is 63.7. The molecule has 4 atom stereocenters. The molecule has 0 saturated carbocycles. The number of nitrogens with zero attached hydrogens (tertiary/aromatic N) is 6. The fourth-order valence-electron chi connectivity index (χ4n) is 12.7. The summed E-state index contributed by atoms with van der Waals surface area (Å²) in [6.45, 7) is 19.5. The largest absolute Gasteiger partial charge is 2.00 e. The van der Waals surface area contributed by atoms with Crippen molar-refractivity contribution in [1.29, 1.82) is 0 Å². The molecule has 0 bridgehead atoms. The fraction of sp³-hybridized carbons (Fsp3) is 0.125. The summed E-state index contributed by atoms with van der Waals surface area (Å²) in [7, 11) is 2.76. The van der Waals surface area contributed by atoms with E-state index in [0.717, 1.165) is 82.2 Å². The summed E-state index contributed by atoms with van der Waals surface area (Å²) in [5.41, 5.74) is 17.0. The van der Waals surface area contributed by atoms with Gasteiger partial charge in [-0.25, -0.2) is 8.42 Å². The number of anilines is 3. The van der Waals surface area contributed by atoms with Gasteiger partial charge in [0, 0.05) is 29.4 Å². The second kappa shape index (κ2) is 25.6. The number of allylic oxidation sites excluding steroid dienone is 3. The van der Waals surface area contributed by atoms with E-state index in [9.17, 15) is 12.3 Å². The van der Waals surface area contributed by atoms with Crippen LogP contribution in [-0.4, -0.2) is 91.1 Å². The van der Waals surface area contributed by atoms with Crippen molar-refractivity contribution in [2.75, 3.05) is 35.8 Å². The van der Waals surface area contributed by atoms with E-state index >= 15 is 0 Å². The minimum Gasteiger partial charge on any atom is 2.00 e. The average Bonchev–Trinajstić information content (AvgIpc) is 1.65. The van der Waals surface area contributed by atoms with Crippen molar-refractivity contribution >= 4 is 101 Å². The van der Waals surface area contributed by atoms with E-state index in [1.54, 1.807) is 18.2 Å². The van der Waals surface area contributed by atoms with Gasteiger partial charge in [0.15, 0.2) is 0 Å². The van der Waals surface area contributed by atoms with Gasteiger partial charge in [0.2, 0.25) is 9.84 Å². The van der Waals surface area contributed by atoms with Gasteiger partial charge in [-0.2, -0.15) is 24.3 Å². The van der Waals surface area contributed by atoms with Crippen molar-refractivity contribution in [3.8, 4) is 22.3 Å². The third-order valence-electron chi connectivity index (χ3n) is 16.8. The smallest absolute Gasteiger partial charge is 2.00 e. The van der Waals surface area contributed by atoms with Crippen molar-refractivity contribution in [2.24, 2.45) is 0 Å². The first-order chi connectivity index (χ1) is 40.6. The summed E-state index contributed by atoms with van der Waals surface area (Å²) < 4.78 is 43.6. The zero-order chi connectivity index (χ0) is 58.3. The van der Waals surface area contributed by atoms with E-state index in [2.05, 4.69) is 182 Å². The van der Waals surface area contributed by atoms with Gasteiger partial charge in [-0.1, -0.05) is 30.0 Å². The summed E-state index contributed by atoms with van der Waals surface area (Å²) in [6, 6.07) is 76.8. The van der Waals surface area contributed by atoms with Crippen LogP contribution in [0.1, 0.15) is 37.5 Å². The van der Waals surface area contributed by atoms with E-state index < -0.39 is 23.7 Å². The number of fused-ring (bicyclic) bond motifs is 9. The molecule has 5 aliphatic rings. The number of sulfone groups is 1. The Hall–Kier alpha value is -6.34. The summed E-state index contributed by atoms with van der Waals surface area (Å²) in [6.07, 6.45) is -0.147. The van der Waals surface area contributed by atoms with Gasteiger partial charge in [0.1, 0.15) is 0 Å². The third-order valence-corrected chi connectivity index (χ3v) is 24.2. The van der Waals surface area contributed by atoms with Crippen LogP contribution in [0.25, 0.3) is 58.6 Å². The Balaban J connectivity index is 0.000000142. The SMILES string of the molecule is [CH2-]C1N(C)C(c2ccc3[se]c4ccccc4c3c2)=C(C)N1c1[c-]cccc1.[CH2-]C1N(C)C(c2ccc3c(c2)-c2ccccc2S3(=O)=O)=C(C)N1c1[c-]cccc1.[CH2-]C1N(C)C(c2ccc3c(c2)-c2ccccc2[Se]3=O)=C(C)N1c1[c-]cccc1.[Rh+2].[Rh+2].[Rh+2]. The summed E-state index contributed by atoms with van der Waals surface area (Å²) >= 11 is -1.75. The van der Waals surface area contributed by atoms with Gasteiger partial charge in [0.25, 0.3) is 0 Å². The molecule has 9 aromatic carbocycles. The molecule has 87 heavy (non-hydrogen) atoms. The van der Waals surface area contributed by atoms with Crippen molar-refractivity contribution < 1.29 is 70.7 Å². The maximum atomic E-state index is 12.9. The minimum atomic E-state index is -3.45. The van der Waals surface area contributed by atoms with E-state index in [4.69, 9.17) is 0 Å². The monoisotopic (exact) mass is 1560 g/mol. The van der Waals surface area contributed by atoms with Gasteiger partial charge in [0.05, 0.1) is 15.5 Å². The molecule has 441 valence electrons. The number of hydrogen-bond donors (Lipinski definition) is 0. The Morgan fingerprint density at radius 2 is 0.828 bits per heavy atom. The molecular formula is C72H60N6O3Rh3SSe2. The predicted octanol–water partition coefficient (Wildman–Crippen LogP) is 13.0. The van der Waals surface area contributed by atoms with E-state index in [0.29, 0.717) is 24.3 Å². The molecule has 0 spiro atoms. The molecule has 4 unspecified atom stereocenters. The van der Waals surface area contributed by atoms with Crippen LogP contribution < -0.4 is 23.6 Å². The maximum Gasteiger partial charge on any atom is 2.00 e. The molecule has 0 aliphatic carbocycles. The maximum absolute atomic E-state index is 12.9. The van der Waals surface area contributed by atoms with E-state index in [-0.39, 0.29) is 76.9 Å². The van der Waals surface area contributed by atoms with Crippen molar-refractivity contribution in [3.05, 3.63) is 273 Å². The Morgan fingerprint density at radius 1 is 0.425 bits per heavy atom. The minimum absolute atomic E-state index is 0. The zero-order valence-corrected chi connectivity index (χ0v) is 57.7. The average molecular weight is 1560 g/mol. The summed E-state index contributed by atoms with van der Waals surface area (Å²) in [5, 5.41) is 2.79. The van der Waals surface area contributed by atoms with E-state index in [1.165, 1.54) is 36.3 Å². The molecule has 0 amide bonds. The van der Waals surface area contributed by atoms with Crippen molar-refractivity contribution in [3.63, 3.8) is 0 Å². The molecule has 15 heteroatoms. The molecule has 0 fully saturated rings. The second-order valence-electron chi connectivity index (χ2n) is 21.4. The number of rotatable bonds is 6. The number of hydrogen-bond acceptors (Lipinski definition) is 9. The quantitative estimate of drug-likeness (QED) is 0.120. The van der Waals surface area contributed by atoms with Gasteiger partial charge in [-0.3, -0.25) is 0 Å². The van der Waals surface area contributed by atoms with Gasteiger partial charge < -0.3 is 16.7 Å². The Labute approximate surface area is 560 Å². The van der Waals surface area contributed by atoms with Crippen LogP contribution in [0.15, 0.2) is 227 Å². The normalized spacial score (nSPS) is 18.5. The third kappa shape index (κ3) is 10.9.